The molecule has 0 radical (unpaired) electrons. The van der Waals surface area contributed by atoms with Gasteiger partial charge in [0.1, 0.15) is 13.3 Å². The van der Waals surface area contributed by atoms with Crippen molar-refractivity contribution >= 4 is 0 Å². The Morgan fingerprint density at radius 2 is 2.12 bits per heavy atom. The maximum Gasteiger partial charge on any atom is 0.161 e. The van der Waals surface area contributed by atoms with Crippen LogP contribution in [0.2, 0.25) is 0 Å². The maximum atomic E-state index is 12.0. The van der Waals surface area contributed by atoms with E-state index in [1.807, 2.05) is 6.07 Å². The Morgan fingerprint density at radius 3 is 2.69 bits per heavy atom. The predicted octanol–water partition coefficient (Wildman–Crippen LogP) is 1.86. The number of benzene rings is 1. The predicted molar refractivity (Wildman–Crippen MR) is 57.7 cm³/mol. The van der Waals surface area contributed by atoms with E-state index in [1.54, 1.807) is 19.2 Å². The van der Waals surface area contributed by atoms with Crippen LogP contribution in [0.1, 0.15) is 5.56 Å². The molecule has 1 aromatic carbocycles. The molecule has 0 spiro atoms. The highest BCUT2D eigenvalue weighted by Gasteiger charge is 2.06. The third-order valence-corrected chi connectivity index (χ3v) is 1.97. The van der Waals surface area contributed by atoms with Crippen molar-refractivity contribution in [1.29, 1.82) is 0 Å². The van der Waals surface area contributed by atoms with E-state index in [1.165, 1.54) is 7.11 Å². The standard InChI is InChI=1S/C11H16FNO3/c1-13(14)8-9-3-4-10(15-2)11(7-9)16-6-5-12/h3-4,7,14H,5-6,8H2,1-2H3. The first-order valence-electron chi connectivity index (χ1n) is 4.93. The van der Waals surface area contributed by atoms with Crippen molar-refractivity contribution in [3.8, 4) is 11.5 Å². The van der Waals surface area contributed by atoms with E-state index in [-0.39, 0.29) is 6.61 Å². The van der Waals surface area contributed by atoms with E-state index < -0.39 is 6.67 Å². The second-order valence-corrected chi connectivity index (χ2v) is 3.34. The van der Waals surface area contributed by atoms with Gasteiger partial charge in [-0.15, -0.1) is 0 Å². The van der Waals surface area contributed by atoms with Gasteiger partial charge in [-0.05, 0) is 17.7 Å². The SMILES string of the molecule is COc1ccc(CN(C)O)cc1OCCF. The van der Waals surface area contributed by atoms with E-state index in [9.17, 15) is 4.39 Å². The van der Waals surface area contributed by atoms with Gasteiger partial charge in [-0.25, -0.2) is 4.39 Å². The Hall–Kier alpha value is -1.33. The minimum Gasteiger partial charge on any atom is -0.493 e. The van der Waals surface area contributed by atoms with Gasteiger partial charge < -0.3 is 14.7 Å². The first-order valence-corrected chi connectivity index (χ1v) is 4.93. The first-order chi connectivity index (χ1) is 7.67. The molecule has 0 heterocycles. The lowest BCUT2D eigenvalue weighted by Crippen LogP contribution is -2.11. The molecule has 1 N–H and O–H groups in total. The summed E-state index contributed by atoms with van der Waals surface area (Å²) < 4.78 is 22.3. The zero-order chi connectivity index (χ0) is 12.0. The monoisotopic (exact) mass is 229 g/mol. The summed E-state index contributed by atoms with van der Waals surface area (Å²) in [6.45, 7) is -0.182. The number of hydrogen-bond acceptors (Lipinski definition) is 4. The summed E-state index contributed by atoms with van der Waals surface area (Å²) in [7, 11) is 3.07. The maximum absolute atomic E-state index is 12.0. The van der Waals surface area contributed by atoms with Crippen molar-refractivity contribution in [2.24, 2.45) is 0 Å². The third-order valence-electron chi connectivity index (χ3n) is 1.97. The van der Waals surface area contributed by atoms with Gasteiger partial charge in [0.15, 0.2) is 11.5 Å². The molecule has 0 amide bonds. The quantitative estimate of drug-likeness (QED) is 0.756. The third kappa shape index (κ3) is 3.67. The van der Waals surface area contributed by atoms with Crippen molar-refractivity contribution < 1.29 is 19.1 Å². The van der Waals surface area contributed by atoms with Crippen LogP contribution in [0.3, 0.4) is 0 Å². The number of methoxy groups -OCH3 is 1. The number of rotatable bonds is 6. The summed E-state index contributed by atoms with van der Waals surface area (Å²) >= 11 is 0. The molecular formula is C11H16FNO3. The van der Waals surface area contributed by atoms with Gasteiger partial charge in [0.25, 0.3) is 0 Å². The van der Waals surface area contributed by atoms with Crippen LogP contribution in [-0.2, 0) is 6.54 Å². The summed E-state index contributed by atoms with van der Waals surface area (Å²) in [5, 5.41) is 10.2. The second kappa shape index (κ2) is 6.30. The average molecular weight is 229 g/mol. The Kier molecular flexibility index (Phi) is 5.01. The summed E-state index contributed by atoms with van der Waals surface area (Å²) in [5.74, 6) is 1.04. The molecular weight excluding hydrogens is 213 g/mol. The molecule has 0 aromatic heterocycles. The number of halogens is 1. The van der Waals surface area contributed by atoms with E-state index in [0.717, 1.165) is 10.6 Å². The Morgan fingerprint density at radius 1 is 1.38 bits per heavy atom. The molecule has 0 aliphatic heterocycles. The van der Waals surface area contributed by atoms with E-state index >= 15 is 0 Å². The second-order valence-electron chi connectivity index (χ2n) is 3.34. The van der Waals surface area contributed by atoms with Crippen LogP contribution in [0.15, 0.2) is 18.2 Å². The summed E-state index contributed by atoms with van der Waals surface area (Å²) in [6.07, 6.45) is 0. The topological polar surface area (TPSA) is 41.9 Å². The molecule has 0 atom stereocenters. The number of alkyl halides is 1. The molecule has 0 bridgehead atoms. The highest BCUT2D eigenvalue weighted by molar-refractivity contribution is 5.42. The fourth-order valence-corrected chi connectivity index (χ4v) is 1.35. The molecule has 0 aliphatic carbocycles. The highest BCUT2D eigenvalue weighted by Crippen LogP contribution is 2.28. The van der Waals surface area contributed by atoms with Gasteiger partial charge in [-0.1, -0.05) is 6.07 Å². The van der Waals surface area contributed by atoms with Crippen molar-refractivity contribution in [2.45, 2.75) is 6.54 Å². The van der Waals surface area contributed by atoms with Crippen molar-refractivity contribution in [3.63, 3.8) is 0 Å². The molecule has 4 nitrogen and oxygen atoms in total. The minimum absolute atomic E-state index is 0.00518. The largest absolute Gasteiger partial charge is 0.493 e. The smallest absolute Gasteiger partial charge is 0.161 e. The van der Waals surface area contributed by atoms with E-state index in [0.29, 0.717) is 18.0 Å². The number of ether oxygens (including phenoxy) is 2. The van der Waals surface area contributed by atoms with Crippen LogP contribution >= 0.6 is 0 Å². The fourth-order valence-electron chi connectivity index (χ4n) is 1.35. The first kappa shape index (κ1) is 12.7. The number of hydrogen-bond donors (Lipinski definition) is 1. The molecule has 1 aromatic rings. The van der Waals surface area contributed by atoms with Gasteiger partial charge in [0.05, 0.1) is 7.11 Å². The molecule has 90 valence electrons. The fraction of sp³-hybridized carbons (Fsp3) is 0.455. The Balaban J connectivity index is 2.83. The molecule has 0 saturated carbocycles. The molecule has 16 heavy (non-hydrogen) atoms. The van der Waals surface area contributed by atoms with Gasteiger partial charge in [-0.2, -0.15) is 5.06 Å². The van der Waals surface area contributed by atoms with Gasteiger partial charge >= 0.3 is 0 Å². The van der Waals surface area contributed by atoms with Crippen LogP contribution in [0.25, 0.3) is 0 Å². The van der Waals surface area contributed by atoms with Crippen LogP contribution in [0.4, 0.5) is 4.39 Å². The van der Waals surface area contributed by atoms with Gasteiger partial charge in [0.2, 0.25) is 0 Å². The van der Waals surface area contributed by atoms with Crippen LogP contribution in [0, 0.1) is 0 Å². The van der Waals surface area contributed by atoms with Crippen LogP contribution in [0.5, 0.6) is 11.5 Å². The van der Waals surface area contributed by atoms with Crippen molar-refractivity contribution in [2.75, 3.05) is 27.4 Å². The normalized spacial score (nSPS) is 10.6. The lowest BCUT2D eigenvalue weighted by molar-refractivity contribution is -0.0731. The van der Waals surface area contributed by atoms with Crippen LogP contribution < -0.4 is 9.47 Å². The molecule has 0 unspecified atom stereocenters. The lowest BCUT2D eigenvalue weighted by Gasteiger charge is -2.13. The van der Waals surface area contributed by atoms with E-state index in [2.05, 4.69) is 0 Å². The Bertz CT molecular complexity index is 331. The number of nitrogens with zero attached hydrogens (tertiary/aromatic N) is 1. The highest BCUT2D eigenvalue weighted by atomic mass is 19.1. The summed E-state index contributed by atoms with van der Waals surface area (Å²) in [6, 6.07) is 5.27. The summed E-state index contributed by atoms with van der Waals surface area (Å²) in [4.78, 5) is 0. The minimum atomic E-state index is -0.548. The van der Waals surface area contributed by atoms with Gasteiger partial charge in [-0.3, -0.25) is 0 Å². The zero-order valence-electron chi connectivity index (χ0n) is 9.44. The number of hydroxylamine groups is 2. The summed E-state index contributed by atoms with van der Waals surface area (Å²) in [5.41, 5.74) is 0.861. The van der Waals surface area contributed by atoms with E-state index in [4.69, 9.17) is 14.7 Å². The Labute approximate surface area is 94.2 Å². The van der Waals surface area contributed by atoms with Gasteiger partial charge in [0, 0.05) is 13.6 Å². The lowest BCUT2D eigenvalue weighted by atomic mass is 10.2. The molecule has 5 heteroatoms. The zero-order valence-corrected chi connectivity index (χ0v) is 9.44. The van der Waals surface area contributed by atoms with Crippen molar-refractivity contribution in [1.82, 2.24) is 5.06 Å². The van der Waals surface area contributed by atoms with Crippen molar-refractivity contribution in [3.05, 3.63) is 23.8 Å². The molecule has 0 fully saturated rings. The van der Waals surface area contributed by atoms with Crippen LogP contribution in [-0.4, -0.2) is 37.7 Å². The molecule has 0 aliphatic rings. The average Bonchev–Trinajstić information content (AvgIpc) is 2.25. The molecule has 1 rings (SSSR count). The molecule has 0 saturated heterocycles.